The molecule has 0 saturated heterocycles. The predicted octanol–water partition coefficient (Wildman–Crippen LogP) is 7.30. The van der Waals surface area contributed by atoms with Crippen LogP contribution in [0.5, 0.6) is 11.5 Å². The summed E-state index contributed by atoms with van der Waals surface area (Å²) in [7, 11) is 5.50. The number of ether oxygens (including phenoxy) is 2. The molecule has 10 nitrogen and oxygen atoms in total. The molecule has 1 unspecified atom stereocenters. The molecule has 0 bridgehead atoms. The fourth-order valence-electron chi connectivity index (χ4n) is 6.99. The number of hydrogen-bond acceptors (Lipinski definition) is 7. The van der Waals surface area contributed by atoms with Gasteiger partial charge in [0.25, 0.3) is 5.91 Å². The summed E-state index contributed by atoms with van der Waals surface area (Å²) in [5, 5.41) is 16.6. The van der Waals surface area contributed by atoms with E-state index in [0.717, 1.165) is 65.0 Å². The van der Waals surface area contributed by atoms with E-state index in [2.05, 4.69) is 33.6 Å². The molecule has 1 aromatic heterocycles. The largest absolute Gasteiger partial charge is 0.496 e. The Morgan fingerprint density at radius 2 is 1.82 bits per heavy atom. The second kappa shape index (κ2) is 15.0. The van der Waals surface area contributed by atoms with Crippen LogP contribution in [0.25, 0.3) is 11.1 Å². The number of benzene rings is 3. The van der Waals surface area contributed by atoms with E-state index in [1.807, 2.05) is 49.7 Å². The Kier molecular flexibility index (Phi) is 10.7. The first-order chi connectivity index (χ1) is 23.9. The van der Waals surface area contributed by atoms with E-state index in [4.69, 9.17) is 32.7 Å². The number of amides is 1. The van der Waals surface area contributed by atoms with Crippen molar-refractivity contribution in [1.82, 2.24) is 19.8 Å². The number of methoxy groups -OCH3 is 1. The van der Waals surface area contributed by atoms with Crippen LogP contribution in [0.2, 0.25) is 10.0 Å². The number of carbonyl (C=O) groups is 2. The predicted molar refractivity (Wildman–Crippen MR) is 195 cm³/mol. The summed E-state index contributed by atoms with van der Waals surface area (Å²) in [5.74, 6) is 0.436. The van der Waals surface area contributed by atoms with E-state index in [-0.39, 0.29) is 24.5 Å². The summed E-state index contributed by atoms with van der Waals surface area (Å²) in [5.41, 5.74) is 7.23. The average Bonchev–Trinajstić information content (AvgIpc) is 3.64. The van der Waals surface area contributed by atoms with Gasteiger partial charge in [-0.15, -0.1) is 0 Å². The summed E-state index contributed by atoms with van der Waals surface area (Å²) < 4.78 is 14.1. The molecule has 4 aromatic rings. The first-order valence-corrected chi connectivity index (χ1v) is 17.6. The van der Waals surface area contributed by atoms with Gasteiger partial charge >= 0.3 is 5.97 Å². The number of likely N-dealkylation sites (N-methyl/N-ethyl adjacent to an activating group) is 1. The molecule has 0 saturated carbocycles. The van der Waals surface area contributed by atoms with Gasteiger partial charge in [0.2, 0.25) is 0 Å². The van der Waals surface area contributed by atoms with Crippen molar-refractivity contribution in [2.45, 2.75) is 64.8 Å². The van der Waals surface area contributed by atoms with E-state index in [0.29, 0.717) is 46.0 Å². The topological polar surface area (TPSA) is 118 Å². The van der Waals surface area contributed by atoms with Crippen LogP contribution in [0.4, 0.5) is 5.69 Å². The van der Waals surface area contributed by atoms with Crippen LogP contribution < -0.4 is 20.1 Å². The van der Waals surface area contributed by atoms with E-state index in [1.165, 1.54) is 0 Å². The van der Waals surface area contributed by atoms with Gasteiger partial charge in [0.05, 0.1) is 28.5 Å². The molecule has 0 radical (unpaired) electrons. The number of halogens is 2. The maximum Gasteiger partial charge on any atom is 0.320 e. The Labute approximate surface area is 302 Å². The number of aliphatic carboxylic acids is 1. The molecule has 2 aliphatic rings. The zero-order valence-electron chi connectivity index (χ0n) is 29.0. The molecule has 0 spiro atoms. The third-order valence-electron chi connectivity index (χ3n) is 9.55. The quantitative estimate of drug-likeness (QED) is 0.140. The number of imidazole rings is 1. The molecule has 1 aliphatic heterocycles. The summed E-state index contributed by atoms with van der Waals surface area (Å²) in [4.78, 5) is 32.0. The average molecular weight is 721 g/mol. The Morgan fingerprint density at radius 1 is 1.06 bits per heavy atom. The van der Waals surface area contributed by atoms with E-state index >= 15 is 0 Å². The van der Waals surface area contributed by atoms with Crippen LogP contribution >= 0.6 is 23.2 Å². The summed E-state index contributed by atoms with van der Waals surface area (Å²) in [6, 6.07) is 14.6. The van der Waals surface area contributed by atoms with Gasteiger partial charge in [-0.3, -0.25) is 9.59 Å². The van der Waals surface area contributed by atoms with Crippen molar-refractivity contribution >= 4 is 40.8 Å². The number of carboxylic acids is 1. The molecule has 12 heteroatoms. The molecular formula is C38H43Cl2N5O5. The van der Waals surface area contributed by atoms with Crippen molar-refractivity contribution < 1.29 is 24.2 Å². The number of carbonyl (C=O) groups excluding carboxylic acids is 1. The first kappa shape index (κ1) is 35.7. The zero-order chi connectivity index (χ0) is 35.7. The number of aromatic nitrogens is 2. The van der Waals surface area contributed by atoms with Crippen LogP contribution in [0.15, 0.2) is 48.5 Å². The molecule has 2 heterocycles. The molecule has 264 valence electrons. The fourth-order valence-corrected chi connectivity index (χ4v) is 7.50. The van der Waals surface area contributed by atoms with Crippen molar-refractivity contribution in [2.24, 2.45) is 13.0 Å². The number of hydrogen-bond donors (Lipinski definition) is 3. The molecule has 50 heavy (non-hydrogen) atoms. The smallest absolute Gasteiger partial charge is 0.320 e. The lowest BCUT2D eigenvalue weighted by molar-refractivity contribution is -0.140. The molecule has 3 N–H and O–H groups in total. The molecule has 6 rings (SSSR count). The monoisotopic (exact) mass is 719 g/mol. The number of anilines is 1. The lowest BCUT2D eigenvalue weighted by Gasteiger charge is -2.21. The third-order valence-corrected chi connectivity index (χ3v) is 10.3. The minimum atomic E-state index is -0.892. The van der Waals surface area contributed by atoms with Gasteiger partial charge in [-0.2, -0.15) is 0 Å². The fraction of sp³-hybridized carbons (Fsp3) is 0.395. The Hall–Kier alpha value is -4.09. The number of rotatable bonds is 12. The highest BCUT2D eigenvalue weighted by atomic mass is 35.5. The minimum absolute atomic E-state index is 0.227. The number of fused-ring (bicyclic) bond motifs is 2. The highest BCUT2D eigenvalue weighted by Crippen LogP contribution is 2.45. The van der Waals surface area contributed by atoms with Crippen molar-refractivity contribution in [3.8, 4) is 22.6 Å². The zero-order valence-corrected chi connectivity index (χ0v) is 30.5. The summed E-state index contributed by atoms with van der Waals surface area (Å²) in [6.07, 6.45) is 2.59. The van der Waals surface area contributed by atoms with Crippen molar-refractivity contribution in [2.75, 3.05) is 26.0 Å². The summed E-state index contributed by atoms with van der Waals surface area (Å²) >= 11 is 13.7. The second-order valence-electron chi connectivity index (χ2n) is 13.5. The summed E-state index contributed by atoms with van der Waals surface area (Å²) in [6.45, 7) is 5.91. The van der Waals surface area contributed by atoms with Crippen LogP contribution in [-0.2, 0) is 37.8 Å². The van der Waals surface area contributed by atoms with Gasteiger partial charge < -0.3 is 34.7 Å². The van der Waals surface area contributed by atoms with Crippen molar-refractivity contribution in [3.63, 3.8) is 0 Å². The van der Waals surface area contributed by atoms with Crippen molar-refractivity contribution in [1.29, 1.82) is 0 Å². The molecule has 0 fully saturated rings. The molecule has 1 amide bonds. The SMILES string of the molecule is COc1cc(OC2CCc3c(-c4cccc(NC(=O)c5nc6c(n5C)CCN(C)C6)c4Cl)cccc32)c(Cl)cc1CN[C@@H](CC(C)C)C(=O)O. The maximum absolute atomic E-state index is 13.4. The van der Waals surface area contributed by atoms with Crippen LogP contribution in [-0.4, -0.2) is 58.2 Å². The van der Waals surface area contributed by atoms with Gasteiger partial charge in [-0.1, -0.05) is 67.4 Å². The van der Waals surface area contributed by atoms with Gasteiger partial charge in [0, 0.05) is 56.0 Å². The minimum Gasteiger partial charge on any atom is -0.496 e. The highest BCUT2D eigenvalue weighted by Gasteiger charge is 2.29. The van der Waals surface area contributed by atoms with Crippen LogP contribution in [0.1, 0.15) is 71.5 Å². The highest BCUT2D eigenvalue weighted by molar-refractivity contribution is 6.36. The Bertz CT molecular complexity index is 1930. The number of carboxylic acid groups (broad SMARTS) is 1. The van der Waals surface area contributed by atoms with E-state index in [9.17, 15) is 14.7 Å². The molecule has 1 aliphatic carbocycles. The standard InChI is InChI=1S/C38H43Cl2N5O5/c1-21(2)16-29(38(47)48)41-19-22-17-27(39)34(18-33(22)49-5)50-32-13-12-24-23(8-6-9-25(24)32)26-10-7-11-28(35(26)40)43-37(46)36-42-30-20-44(3)15-14-31(30)45(36)4/h6-11,17-18,21,29,32,41H,12-16,19-20H2,1-5H3,(H,43,46)(H,47,48)/t29-,32?/m0/s1. The Balaban J connectivity index is 1.20. The lowest BCUT2D eigenvalue weighted by atomic mass is 9.96. The van der Waals surface area contributed by atoms with Gasteiger partial charge in [-0.25, -0.2) is 4.98 Å². The van der Waals surface area contributed by atoms with Gasteiger partial charge in [-0.05, 0) is 61.1 Å². The number of nitrogens with one attached hydrogen (secondary N) is 2. The number of nitrogens with zero attached hydrogens (tertiary/aromatic N) is 3. The third kappa shape index (κ3) is 7.35. The normalized spacial score (nSPS) is 16.2. The van der Waals surface area contributed by atoms with E-state index < -0.39 is 12.0 Å². The van der Waals surface area contributed by atoms with Gasteiger partial charge in [0.1, 0.15) is 23.6 Å². The first-order valence-electron chi connectivity index (χ1n) is 16.9. The van der Waals surface area contributed by atoms with E-state index in [1.54, 1.807) is 25.3 Å². The van der Waals surface area contributed by atoms with Gasteiger partial charge in [0.15, 0.2) is 5.82 Å². The van der Waals surface area contributed by atoms with Crippen LogP contribution in [0.3, 0.4) is 0 Å². The Morgan fingerprint density at radius 3 is 2.56 bits per heavy atom. The van der Waals surface area contributed by atoms with Crippen LogP contribution in [0, 0.1) is 5.92 Å². The molecule has 3 aromatic carbocycles. The lowest BCUT2D eigenvalue weighted by Crippen LogP contribution is -2.37. The van der Waals surface area contributed by atoms with Crippen molar-refractivity contribution in [3.05, 3.63) is 92.5 Å². The molecular weight excluding hydrogens is 677 g/mol. The second-order valence-corrected chi connectivity index (χ2v) is 14.3. The molecule has 2 atom stereocenters. The maximum atomic E-state index is 13.4.